The van der Waals surface area contributed by atoms with Gasteiger partial charge in [-0.3, -0.25) is 4.79 Å². The third-order valence-electron chi connectivity index (χ3n) is 3.25. The third kappa shape index (κ3) is 5.50. The molecule has 1 N–H and O–H groups in total. The lowest BCUT2D eigenvalue weighted by Crippen LogP contribution is -2.40. The molecule has 1 aliphatic heterocycles. The number of carbonyl (C=O) groups is 1. The van der Waals surface area contributed by atoms with Gasteiger partial charge in [-0.1, -0.05) is 6.92 Å². The molecule has 0 aromatic rings. The molecule has 1 heterocycles. The summed E-state index contributed by atoms with van der Waals surface area (Å²) in [5.74, 6) is 0.797. The van der Waals surface area contributed by atoms with E-state index in [9.17, 15) is 4.79 Å². The zero-order chi connectivity index (χ0) is 12.5. The van der Waals surface area contributed by atoms with Crippen molar-refractivity contribution < 1.29 is 9.53 Å². The lowest BCUT2D eigenvalue weighted by Gasteiger charge is -2.29. The molecular weight excluding hydrogens is 216 g/mol. The van der Waals surface area contributed by atoms with Gasteiger partial charge in [-0.05, 0) is 45.2 Å². The van der Waals surface area contributed by atoms with E-state index in [1.807, 2.05) is 11.8 Å². The van der Waals surface area contributed by atoms with Crippen molar-refractivity contribution >= 4 is 5.91 Å². The van der Waals surface area contributed by atoms with Crippen LogP contribution in [-0.2, 0) is 9.53 Å². The number of likely N-dealkylation sites (N-methyl/N-ethyl adjacent to an activating group) is 1. The van der Waals surface area contributed by atoms with E-state index in [2.05, 4.69) is 12.2 Å². The number of amides is 1. The van der Waals surface area contributed by atoms with Crippen LogP contribution < -0.4 is 5.32 Å². The minimum Gasteiger partial charge on any atom is -0.372 e. The van der Waals surface area contributed by atoms with Crippen LogP contribution in [0, 0.1) is 5.92 Å². The molecule has 4 nitrogen and oxygen atoms in total. The minimum absolute atomic E-state index is 0.138. The summed E-state index contributed by atoms with van der Waals surface area (Å²) >= 11 is 0. The van der Waals surface area contributed by atoms with E-state index in [0.717, 1.165) is 32.6 Å². The molecule has 1 fully saturated rings. The van der Waals surface area contributed by atoms with Crippen molar-refractivity contribution in [1.82, 2.24) is 10.2 Å². The van der Waals surface area contributed by atoms with Gasteiger partial charge in [0.2, 0.25) is 5.91 Å². The van der Waals surface area contributed by atoms with Crippen LogP contribution in [0.1, 0.15) is 33.1 Å². The maximum Gasteiger partial charge on any atom is 0.248 e. The van der Waals surface area contributed by atoms with Crippen molar-refractivity contribution in [2.24, 2.45) is 5.92 Å². The molecule has 1 amide bonds. The summed E-state index contributed by atoms with van der Waals surface area (Å²) in [4.78, 5) is 13.8. The van der Waals surface area contributed by atoms with Crippen molar-refractivity contribution in [2.45, 2.75) is 33.1 Å². The van der Waals surface area contributed by atoms with Gasteiger partial charge in [0.05, 0.1) is 0 Å². The largest absolute Gasteiger partial charge is 0.372 e. The zero-order valence-corrected chi connectivity index (χ0v) is 11.2. The molecule has 0 bridgehead atoms. The number of rotatable bonds is 7. The van der Waals surface area contributed by atoms with Crippen LogP contribution in [-0.4, -0.2) is 50.2 Å². The number of ether oxygens (including phenoxy) is 1. The Balaban J connectivity index is 2.27. The number of piperidine rings is 1. The van der Waals surface area contributed by atoms with Crippen LogP contribution in [0.3, 0.4) is 0 Å². The third-order valence-corrected chi connectivity index (χ3v) is 3.25. The molecule has 100 valence electrons. The Bertz CT molecular complexity index is 215. The van der Waals surface area contributed by atoms with Gasteiger partial charge in [0.15, 0.2) is 0 Å². The van der Waals surface area contributed by atoms with Gasteiger partial charge < -0.3 is 15.0 Å². The second-order valence-corrected chi connectivity index (χ2v) is 4.68. The highest BCUT2D eigenvalue weighted by Crippen LogP contribution is 2.13. The molecule has 0 aromatic carbocycles. The first-order valence-electron chi connectivity index (χ1n) is 6.84. The maximum absolute atomic E-state index is 11.9. The Hall–Kier alpha value is -0.610. The van der Waals surface area contributed by atoms with Gasteiger partial charge in [-0.15, -0.1) is 0 Å². The van der Waals surface area contributed by atoms with Crippen LogP contribution in [0.2, 0.25) is 0 Å². The van der Waals surface area contributed by atoms with Crippen molar-refractivity contribution in [3.63, 3.8) is 0 Å². The van der Waals surface area contributed by atoms with Gasteiger partial charge in [-0.25, -0.2) is 0 Å². The predicted octanol–water partition coefficient (Wildman–Crippen LogP) is 1.26. The number of hydrogen-bond donors (Lipinski definition) is 1. The SMILES string of the molecule is CCCOCC(=O)N(CC)CC1CCNCC1. The van der Waals surface area contributed by atoms with E-state index in [1.165, 1.54) is 12.8 Å². The van der Waals surface area contributed by atoms with E-state index < -0.39 is 0 Å². The average molecular weight is 242 g/mol. The van der Waals surface area contributed by atoms with Crippen molar-refractivity contribution in [2.75, 3.05) is 39.4 Å². The first-order valence-corrected chi connectivity index (χ1v) is 6.84. The van der Waals surface area contributed by atoms with Gasteiger partial charge in [0.25, 0.3) is 0 Å². The summed E-state index contributed by atoms with van der Waals surface area (Å²) in [6.07, 6.45) is 3.33. The highest BCUT2D eigenvalue weighted by molar-refractivity contribution is 5.77. The Labute approximate surface area is 105 Å². The minimum atomic E-state index is 0.138. The summed E-state index contributed by atoms with van der Waals surface area (Å²) < 4.78 is 5.31. The molecule has 0 unspecified atom stereocenters. The average Bonchev–Trinajstić information content (AvgIpc) is 2.37. The van der Waals surface area contributed by atoms with E-state index >= 15 is 0 Å². The highest BCUT2D eigenvalue weighted by Gasteiger charge is 2.19. The van der Waals surface area contributed by atoms with Gasteiger partial charge in [0, 0.05) is 19.7 Å². The summed E-state index contributed by atoms with van der Waals surface area (Å²) in [6, 6.07) is 0. The van der Waals surface area contributed by atoms with E-state index in [1.54, 1.807) is 0 Å². The Kier molecular flexibility index (Phi) is 7.21. The van der Waals surface area contributed by atoms with Crippen LogP contribution >= 0.6 is 0 Å². The van der Waals surface area contributed by atoms with E-state index in [-0.39, 0.29) is 12.5 Å². The summed E-state index contributed by atoms with van der Waals surface area (Å²) in [7, 11) is 0. The van der Waals surface area contributed by atoms with Crippen molar-refractivity contribution in [3.8, 4) is 0 Å². The van der Waals surface area contributed by atoms with Gasteiger partial charge in [-0.2, -0.15) is 0 Å². The quantitative estimate of drug-likeness (QED) is 0.683. The molecule has 1 saturated heterocycles. The van der Waals surface area contributed by atoms with Crippen LogP contribution in [0.15, 0.2) is 0 Å². The normalized spacial score (nSPS) is 17.1. The molecular formula is C13H26N2O2. The molecule has 0 spiro atoms. The molecule has 4 heteroatoms. The molecule has 1 aliphatic rings. The molecule has 0 saturated carbocycles. The Morgan fingerprint density at radius 3 is 2.65 bits per heavy atom. The topological polar surface area (TPSA) is 41.6 Å². The fourth-order valence-electron chi connectivity index (χ4n) is 2.18. The second kappa shape index (κ2) is 8.48. The zero-order valence-electron chi connectivity index (χ0n) is 11.2. The molecule has 0 aliphatic carbocycles. The standard InChI is InChI=1S/C13H26N2O2/c1-3-9-17-11-13(16)15(4-2)10-12-5-7-14-8-6-12/h12,14H,3-11H2,1-2H3. The summed E-state index contributed by atoms with van der Waals surface area (Å²) in [6.45, 7) is 8.87. The van der Waals surface area contributed by atoms with Crippen LogP contribution in [0.4, 0.5) is 0 Å². The van der Waals surface area contributed by atoms with Crippen molar-refractivity contribution in [1.29, 1.82) is 0 Å². The molecule has 0 atom stereocenters. The van der Waals surface area contributed by atoms with Crippen molar-refractivity contribution in [3.05, 3.63) is 0 Å². The summed E-state index contributed by atoms with van der Waals surface area (Å²) in [5.41, 5.74) is 0. The Morgan fingerprint density at radius 1 is 1.35 bits per heavy atom. The van der Waals surface area contributed by atoms with E-state index in [4.69, 9.17) is 4.74 Å². The van der Waals surface area contributed by atoms with Gasteiger partial charge in [0.1, 0.15) is 6.61 Å². The lowest BCUT2D eigenvalue weighted by atomic mass is 9.97. The number of nitrogens with one attached hydrogen (secondary N) is 1. The van der Waals surface area contributed by atoms with Gasteiger partial charge >= 0.3 is 0 Å². The molecule has 0 aromatic heterocycles. The van der Waals surface area contributed by atoms with Crippen LogP contribution in [0.5, 0.6) is 0 Å². The predicted molar refractivity (Wildman–Crippen MR) is 69.0 cm³/mol. The van der Waals surface area contributed by atoms with Crippen LogP contribution in [0.25, 0.3) is 0 Å². The Morgan fingerprint density at radius 2 is 2.06 bits per heavy atom. The highest BCUT2D eigenvalue weighted by atomic mass is 16.5. The number of carbonyl (C=O) groups excluding carboxylic acids is 1. The smallest absolute Gasteiger partial charge is 0.248 e. The first-order chi connectivity index (χ1) is 8.27. The molecule has 17 heavy (non-hydrogen) atoms. The first kappa shape index (κ1) is 14.5. The number of nitrogens with zero attached hydrogens (tertiary/aromatic N) is 1. The monoisotopic (exact) mass is 242 g/mol. The lowest BCUT2D eigenvalue weighted by molar-refractivity contribution is -0.136. The second-order valence-electron chi connectivity index (χ2n) is 4.68. The summed E-state index contributed by atoms with van der Waals surface area (Å²) in [5, 5.41) is 3.35. The fourth-order valence-corrected chi connectivity index (χ4v) is 2.18. The molecule has 0 radical (unpaired) electrons. The molecule has 1 rings (SSSR count). The number of hydrogen-bond acceptors (Lipinski definition) is 3. The maximum atomic E-state index is 11.9. The van der Waals surface area contributed by atoms with E-state index in [0.29, 0.717) is 12.5 Å². The fraction of sp³-hybridized carbons (Fsp3) is 0.923.